The molecule has 0 aliphatic rings. The van der Waals surface area contributed by atoms with Crippen LogP contribution in [0.25, 0.3) is 0 Å². The van der Waals surface area contributed by atoms with Crippen LogP contribution in [0.15, 0.2) is 60.8 Å². The van der Waals surface area contributed by atoms with Gasteiger partial charge in [-0.25, -0.2) is 0 Å². The van der Waals surface area contributed by atoms with Crippen molar-refractivity contribution in [1.29, 1.82) is 0 Å². The summed E-state index contributed by atoms with van der Waals surface area (Å²) < 4.78 is 0. The second-order valence-electron chi connectivity index (χ2n) is 2.63. The van der Waals surface area contributed by atoms with E-state index in [2.05, 4.69) is 32.2 Å². The largest absolute Gasteiger partial charge is 0.0984 e. The van der Waals surface area contributed by atoms with Gasteiger partial charge in [-0.05, 0) is 24.5 Å². The lowest BCUT2D eigenvalue weighted by Gasteiger charge is -1.98. The first kappa shape index (κ1) is 11.7. The van der Waals surface area contributed by atoms with Crippen LogP contribution < -0.4 is 0 Å². The molecule has 70 valence electrons. The number of rotatable bonds is 5. The van der Waals surface area contributed by atoms with Gasteiger partial charge in [0.05, 0.1) is 0 Å². The predicted octanol–water partition coefficient (Wildman–Crippen LogP) is 4.20. The highest BCUT2D eigenvalue weighted by Crippen LogP contribution is 2.10. The number of hydrogen-bond acceptors (Lipinski definition) is 0. The van der Waals surface area contributed by atoms with Crippen molar-refractivity contribution in [3.05, 3.63) is 60.8 Å². The van der Waals surface area contributed by atoms with Crippen molar-refractivity contribution in [2.45, 2.75) is 20.3 Å². The molecule has 0 aromatic heterocycles. The van der Waals surface area contributed by atoms with Gasteiger partial charge in [0.2, 0.25) is 0 Å². The fourth-order valence-electron chi connectivity index (χ4n) is 0.989. The zero-order valence-electron chi connectivity index (χ0n) is 8.59. The van der Waals surface area contributed by atoms with Gasteiger partial charge in [0, 0.05) is 0 Å². The summed E-state index contributed by atoms with van der Waals surface area (Å²) in [7, 11) is 0. The summed E-state index contributed by atoms with van der Waals surface area (Å²) in [6.07, 6.45) is 13.0. The summed E-state index contributed by atoms with van der Waals surface area (Å²) in [5, 5.41) is 0. The molecule has 0 heteroatoms. The Morgan fingerprint density at radius 3 is 2.00 bits per heavy atom. The zero-order valence-corrected chi connectivity index (χ0v) is 8.59. The second-order valence-corrected chi connectivity index (χ2v) is 2.63. The third-order valence-electron chi connectivity index (χ3n) is 1.65. The minimum Gasteiger partial charge on any atom is -0.0984 e. The lowest BCUT2D eigenvalue weighted by molar-refractivity contribution is 1.22. The minimum absolute atomic E-state index is 1.04. The van der Waals surface area contributed by atoms with Gasteiger partial charge in [-0.15, -0.1) is 0 Å². The number of allylic oxidation sites excluding steroid dienone is 8. The maximum atomic E-state index is 3.77. The van der Waals surface area contributed by atoms with Gasteiger partial charge in [-0.2, -0.15) is 0 Å². The van der Waals surface area contributed by atoms with Gasteiger partial charge in [-0.1, -0.05) is 56.5 Å². The van der Waals surface area contributed by atoms with Crippen LogP contribution in [0.3, 0.4) is 0 Å². The third-order valence-corrected chi connectivity index (χ3v) is 1.65. The summed E-state index contributed by atoms with van der Waals surface area (Å²) >= 11 is 0. The molecule has 0 fully saturated rings. The van der Waals surface area contributed by atoms with Gasteiger partial charge in [-0.3, -0.25) is 0 Å². The van der Waals surface area contributed by atoms with Gasteiger partial charge in [0.15, 0.2) is 0 Å². The molecule has 0 aromatic rings. The van der Waals surface area contributed by atoms with Crippen LogP contribution in [0.1, 0.15) is 20.3 Å². The van der Waals surface area contributed by atoms with Crippen molar-refractivity contribution < 1.29 is 0 Å². The monoisotopic (exact) mass is 174 g/mol. The van der Waals surface area contributed by atoms with E-state index < -0.39 is 0 Å². The van der Waals surface area contributed by atoms with E-state index in [-0.39, 0.29) is 0 Å². The molecule has 0 N–H and O–H groups in total. The molecule has 0 bridgehead atoms. The normalized spacial score (nSPS) is 13.4. The highest BCUT2D eigenvalue weighted by atomic mass is 14.0. The Morgan fingerprint density at radius 2 is 1.62 bits per heavy atom. The van der Waals surface area contributed by atoms with E-state index in [0.29, 0.717) is 0 Å². The molecular weight excluding hydrogens is 156 g/mol. The summed E-state index contributed by atoms with van der Waals surface area (Å²) in [6, 6.07) is 0. The van der Waals surface area contributed by atoms with Crippen LogP contribution in [0.5, 0.6) is 0 Å². The lowest BCUT2D eigenvalue weighted by Crippen LogP contribution is -1.78. The van der Waals surface area contributed by atoms with Crippen molar-refractivity contribution in [3.8, 4) is 0 Å². The van der Waals surface area contributed by atoms with Crippen molar-refractivity contribution in [2.24, 2.45) is 0 Å². The van der Waals surface area contributed by atoms with Crippen molar-refractivity contribution in [3.63, 3.8) is 0 Å². The van der Waals surface area contributed by atoms with E-state index in [4.69, 9.17) is 0 Å². The smallest absolute Gasteiger partial charge is 0.0193 e. The van der Waals surface area contributed by atoms with E-state index in [0.717, 1.165) is 17.6 Å². The fourth-order valence-corrected chi connectivity index (χ4v) is 0.989. The zero-order chi connectivity index (χ0) is 10.1. The molecule has 0 aliphatic carbocycles. The van der Waals surface area contributed by atoms with Gasteiger partial charge < -0.3 is 0 Å². The molecule has 0 aliphatic heterocycles. The van der Waals surface area contributed by atoms with Crippen LogP contribution in [0.2, 0.25) is 0 Å². The molecule has 0 saturated heterocycles. The highest BCUT2D eigenvalue weighted by molar-refractivity contribution is 5.45. The van der Waals surface area contributed by atoms with E-state index in [1.165, 1.54) is 0 Å². The van der Waals surface area contributed by atoms with Crippen LogP contribution in [0.4, 0.5) is 0 Å². The fraction of sp³-hybridized carbons (Fsp3) is 0.231. The van der Waals surface area contributed by atoms with Gasteiger partial charge in [0.25, 0.3) is 0 Å². The molecule has 0 saturated carbocycles. The molecule has 0 heterocycles. The topological polar surface area (TPSA) is 0 Å². The standard InChI is InChI=1S/C13H18/c1-5-9-11-13(8-4)12(7-3)10-6-2/h6-11H,3-5H2,1-2H3/b10-6-,11-9-,13-12+. The maximum Gasteiger partial charge on any atom is -0.0193 e. The predicted molar refractivity (Wildman–Crippen MR) is 61.7 cm³/mol. The summed E-state index contributed by atoms with van der Waals surface area (Å²) in [5.74, 6) is 0. The molecule has 0 nitrogen and oxygen atoms in total. The number of hydrogen-bond donors (Lipinski definition) is 0. The maximum absolute atomic E-state index is 3.77. The van der Waals surface area contributed by atoms with E-state index in [9.17, 15) is 0 Å². The van der Waals surface area contributed by atoms with Crippen molar-refractivity contribution >= 4 is 0 Å². The van der Waals surface area contributed by atoms with Crippen molar-refractivity contribution in [1.82, 2.24) is 0 Å². The first-order valence-corrected chi connectivity index (χ1v) is 4.58. The molecule has 0 rings (SSSR count). The first-order chi connectivity index (χ1) is 6.29. The van der Waals surface area contributed by atoms with Crippen LogP contribution >= 0.6 is 0 Å². The Bertz CT molecular complexity index is 249. The molecule has 0 aromatic carbocycles. The van der Waals surface area contributed by atoms with Crippen LogP contribution in [-0.2, 0) is 0 Å². The molecule has 0 unspecified atom stereocenters. The first-order valence-electron chi connectivity index (χ1n) is 4.58. The van der Waals surface area contributed by atoms with Crippen LogP contribution in [0, 0.1) is 0 Å². The molecule has 0 spiro atoms. The average Bonchev–Trinajstić information content (AvgIpc) is 2.17. The molecule has 0 atom stereocenters. The van der Waals surface area contributed by atoms with Crippen LogP contribution in [-0.4, -0.2) is 0 Å². The minimum atomic E-state index is 1.04. The summed E-state index contributed by atoms with van der Waals surface area (Å²) in [5.41, 5.74) is 2.23. The summed E-state index contributed by atoms with van der Waals surface area (Å²) in [4.78, 5) is 0. The molecule has 0 radical (unpaired) electrons. The average molecular weight is 174 g/mol. The van der Waals surface area contributed by atoms with Crippen molar-refractivity contribution in [2.75, 3.05) is 0 Å². The molecule has 13 heavy (non-hydrogen) atoms. The Labute approximate surface area is 81.7 Å². The van der Waals surface area contributed by atoms with E-state index in [1.807, 2.05) is 31.2 Å². The molecule has 0 amide bonds. The Balaban J connectivity index is 4.92. The molecular formula is C13H18. The third kappa shape index (κ3) is 4.32. The Hall–Kier alpha value is -1.30. The SMILES string of the molecule is C=CC(/C=C\C)=C(C=C)\C=C/CC. The quantitative estimate of drug-likeness (QED) is 0.548. The van der Waals surface area contributed by atoms with Gasteiger partial charge in [0.1, 0.15) is 0 Å². The Morgan fingerprint density at radius 1 is 1.08 bits per heavy atom. The Kier molecular flexibility index (Phi) is 6.62. The lowest BCUT2D eigenvalue weighted by atomic mass is 10.1. The van der Waals surface area contributed by atoms with Gasteiger partial charge >= 0.3 is 0 Å². The van der Waals surface area contributed by atoms with E-state index >= 15 is 0 Å². The highest BCUT2D eigenvalue weighted by Gasteiger charge is 1.91. The summed E-state index contributed by atoms with van der Waals surface area (Å²) in [6.45, 7) is 11.6. The second kappa shape index (κ2) is 7.35. The van der Waals surface area contributed by atoms with E-state index in [1.54, 1.807) is 0 Å².